The van der Waals surface area contributed by atoms with Gasteiger partial charge < -0.3 is 15.7 Å². The number of nitrogens with zero attached hydrogens (tertiary/aromatic N) is 1. The summed E-state index contributed by atoms with van der Waals surface area (Å²) in [5.41, 5.74) is 5.93. The molecule has 1 fully saturated rings. The molecule has 27 heavy (non-hydrogen) atoms. The number of aliphatic hydroxyl groups excluding tert-OH is 1. The zero-order valence-corrected chi connectivity index (χ0v) is 15.7. The van der Waals surface area contributed by atoms with E-state index in [1.165, 1.54) is 6.07 Å². The van der Waals surface area contributed by atoms with Gasteiger partial charge >= 0.3 is 6.18 Å². The minimum absolute atomic E-state index is 0.0288. The molecule has 1 amide bonds. The molecule has 3 rings (SSSR count). The van der Waals surface area contributed by atoms with Gasteiger partial charge in [-0.2, -0.15) is 13.2 Å². The zero-order chi connectivity index (χ0) is 20.0. The second kappa shape index (κ2) is 7.09. The first kappa shape index (κ1) is 20.1. The van der Waals surface area contributed by atoms with E-state index in [2.05, 4.69) is 0 Å². The molecule has 3 atom stereocenters. The molecule has 0 saturated heterocycles. The fourth-order valence-corrected chi connectivity index (χ4v) is 4.66. The van der Waals surface area contributed by atoms with Gasteiger partial charge in [-0.25, -0.2) is 0 Å². The molecule has 2 aliphatic rings. The number of halogens is 3. The molecule has 4 nitrogen and oxygen atoms in total. The van der Waals surface area contributed by atoms with Crippen molar-refractivity contribution in [2.24, 2.45) is 17.1 Å². The summed E-state index contributed by atoms with van der Waals surface area (Å²) in [6.45, 7) is 4.24. The van der Waals surface area contributed by atoms with Gasteiger partial charge in [-0.15, -0.1) is 0 Å². The van der Waals surface area contributed by atoms with Crippen molar-refractivity contribution in [1.29, 1.82) is 0 Å². The van der Waals surface area contributed by atoms with Gasteiger partial charge in [0.05, 0.1) is 17.6 Å². The van der Waals surface area contributed by atoms with Crippen molar-refractivity contribution in [2.75, 3.05) is 13.2 Å². The van der Waals surface area contributed by atoms with Crippen molar-refractivity contribution < 1.29 is 23.1 Å². The number of rotatable bonds is 3. The Balaban J connectivity index is 1.94. The van der Waals surface area contributed by atoms with Gasteiger partial charge in [0.2, 0.25) is 5.91 Å². The molecule has 1 aliphatic heterocycles. The highest BCUT2D eigenvalue weighted by atomic mass is 19.4. The van der Waals surface area contributed by atoms with Crippen LogP contribution in [0.4, 0.5) is 13.2 Å². The van der Waals surface area contributed by atoms with Crippen LogP contribution in [0.5, 0.6) is 0 Å². The lowest BCUT2D eigenvalue weighted by Crippen LogP contribution is -2.49. The summed E-state index contributed by atoms with van der Waals surface area (Å²) in [6.07, 6.45) is -2.37. The van der Waals surface area contributed by atoms with E-state index >= 15 is 0 Å². The monoisotopic (exact) mass is 384 g/mol. The van der Waals surface area contributed by atoms with Crippen molar-refractivity contribution in [1.82, 2.24) is 4.90 Å². The Hall–Kier alpha value is -1.60. The number of carbonyl (C=O) groups is 1. The normalized spacial score (nSPS) is 28.5. The third-order valence-corrected chi connectivity index (χ3v) is 6.34. The molecule has 150 valence electrons. The molecule has 0 radical (unpaired) electrons. The summed E-state index contributed by atoms with van der Waals surface area (Å²) < 4.78 is 39.3. The smallest absolute Gasteiger partial charge is 0.396 e. The number of hydrogen-bond acceptors (Lipinski definition) is 3. The van der Waals surface area contributed by atoms with Gasteiger partial charge in [0.15, 0.2) is 0 Å². The number of hydrogen-bond donors (Lipinski definition) is 2. The van der Waals surface area contributed by atoms with Crippen LogP contribution in [0.15, 0.2) is 18.2 Å². The SMILES string of the molecule is CC(C)[C@]1(C(=O)N2Cc3cc(C(F)(F)F)ccc3C(CO)C2)CC[C@@H](N)C1. The second-order valence-corrected chi connectivity index (χ2v) is 8.29. The Labute approximate surface area is 157 Å². The molecule has 1 aromatic carbocycles. The predicted molar refractivity (Wildman–Crippen MR) is 95.8 cm³/mol. The van der Waals surface area contributed by atoms with E-state index in [0.29, 0.717) is 30.5 Å². The third-order valence-electron chi connectivity index (χ3n) is 6.34. The molecule has 1 saturated carbocycles. The Kier molecular flexibility index (Phi) is 5.29. The Morgan fingerprint density at radius 1 is 1.41 bits per heavy atom. The van der Waals surface area contributed by atoms with Crippen molar-refractivity contribution in [2.45, 2.75) is 57.8 Å². The number of nitrogens with two attached hydrogens (primary N) is 1. The first-order valence-electron chi connectivity index (χ1n) is 9.44. The number of fused-ring (bicyclic) bond motifs is 1. The molecule has 0 aromatic heterocycles. The fraction of sp³-hybridized carbons (Fsp3) is 0.650. The summed E-state index contributed by atoms with van der Waals surface area (Å²) in [4.78, 5) is 15.1. The fourth-order valence-electron chi connectivity index (χ4n) is 4.66. The third kappa shape index (κ3) is 3.59. The maximum absolute atomic E-state index is 13.4. The van der Waals surface area contributed by atoms with Gasteiger partial charge in [0, 0.05) is 25.0 Å². The van der Waals surface area contributed by atoms with Gasteiger partial charge in [0.1, 0.15) is 0 Å². The molecule has 1 aliphatic carbocycles. The molecular weight excluding hydrogens is 357 g/mol. The Morgan fingerprint density at radius 3 is 2.63 bits per heavy atom. The highest BCUT2D eigenvalue weighted by molar-refractivity contribution is 5.84. The molecule has 1 unspecified atom stereocenters. The molecule has 0 bridgehead atoms. The maximum atomic E-state index is 13.4. The van der Waals surface area contributed by atoms with Crippen molar-refractivity contribution in [3.63, 3.8) is 0 Å². The number of carbonyl (C=O) groups excluding carboxylic acids is 1. The summed E-state index contributed by atoms with van der Waals surface area (Å²) in [5.74, 6) is -0.333. The summed E-state index contributed by atoms with van der Waals surface area (Å²) >= 11 is 0. The van der Waals surface area contributed by atoms with E-state index in [1.807, 2.05) is 13.8 Å². The summed E-state index contributed by atoms with van der Waals surface area (Å²) in [7, 11) is 0. The van der Waals surface area contributed by atoms with Crippen molar-refractivity contribution >= 4 is 5.91 Å². The molecule has 3 N–H and O–H groups in total. The highest BCUT2D eigenvalue weighted by Gasteiger charge is 2.49. The van der Waals surface area contributed by atoms with Crippen molar-refractivity contribution in [3.05, 3.63) is 34.9 Å². The highest BCUT2D eigenvalue weighted by Crippen LogP contribution is 2.46. The molecular formula is C20H27F3N2O2. The van der Waals surface area contributed by atoms with Crippen molar-refractivity contribution in [3.8, 4) is 0 Å². The van der Waals surface area contributed by atoms with E-state index in [0.717, 1.165) is 18.6 Å². The van der Waals surface area contributed by atoms with Crippen LogP contribution in [0, 0.1) is 11.3 Å². The molecule has 1 aromatic rings. The number of amides is 1. The number of benzene rings is 1. The maximum Gasteiger partial charge on any atom is 0.416 e. The zero-order valence-electron chi connectivity index (χ0n) is 15.7. The summed E-state index contributed by atoms with van der Waals surface area (Å²) in [6, 6.07) is 3.56. The van der Waals surface area contributed by atoms with E-state index in [9.17, 15) is 23.1 Å². The van der Waals surface area contributed by atoms with E-state index in [-0.39, 0.29) is 36.9 Å². The van der Waals surface area contributed by atoms with Crippen LogP contribution in [0.3, 0.4) is 0 Å². The lowest BCUT2D eigenvalue weighted by atomic mass is 9.73. The Bertz CT molecular complexity index is 720. The lowest BCUT2D eigenvalue weighted by molar-refractivity contribution is -0.146. The summed E-state index contributed by atoms with van der Waals surface area (Å²) in [5, 5.41) is 9.77. The average molecular weight is 384 g/mol. The number of alkyl halides is 3. The molecule has 0 spiro atoms. The van der Waals surface area contributed by atoms with Gasteiger partial charge in [-0.3, -0.25) is 4.79 Å². The lowest BCUT2D eigenvalue weighted by Gasteiger charge is -2.41. The molecule has 1 heterocycles. The van der Waals surface area contributed by atoms with Crippen LogP contribution >= 0.6 is 0 Å². The number of aliphatic hydroxyl groups is 1. The second-order valence-electron chi connectivity index (χ2n) is 8.29. The van der Waals surface area contributed by atoms with E-state index < -0.39 is 17.2 Å². The average Bonchev–Trinajstić information content (AvgIpc) is 3.02. The topological polar surface area (TPSA) is 66.6 Å². The Morgan fingerprint density at radius 2 is 2.11 bits per heavy atom. The first-order chi connectivity index (χ1) is 12.6. The predicted octanol–water partition coefficient (Wildman–Crippen LogP) is 3.28. The standard InChI is InChI=1S/C20H27F3N2O2/c1-12(2)19(6-5-16(24)8-19)18(27)25-9-13-7-15(20(21,22)23)3-4-17(13)14(10-25)11-26/h3-4,7,12,14,16,26H,5-6,8-11,24H2,1-2H3/t14?,16-,19+/m1/s1. The van der Waals surface area contributed by atoms with E-state index in [4.69, 9.17) is 5.73 Å². The minimum atomic E-state index is -4.44. The largest absolute Gasteiger partial charge is 0.416 e. The van der Waals surface area contributed by atoms with Gasteiger partial charge in [-0.05, 0) is 48.4 Å². The van der Waals surface area contributed by atoms with Gasteiger partial charge in [0.25, 0.3) is 0 Å². The first-order valence-corrected chi connectivity index (χ1v) is 9.44. The van der Waals surface area contributed by atoms with Crippen LogP contribution < -0.4 is 5.73 Å². The quantitative estimate of drug-likeness (QED) is 0.841. The van der Waals surface area contributed by atoms with Crippen LogP contribution in [-0.2, 0) is 17.5 Å². The minimum Gasteiger partial charge on any atom is -0.396 e. The van der Waals surface area contributed by atoms with Gasteiger partial charge in [-0.1, -0.05) is 19.9 Å². The van der Waals surface area contributed by atoms with Crippen LogP contribution in [0.1, 0.15) is 55.7 Å². The van der Waals surface area contributed by atoms with Crippen LogP contribution in [0.2, 0.25) is 0 Å². The van der Waals surface area contributed by atoms with Crippen LogP contribution in [0.25, 0.3) is 0 Å². The van der Waals surface area contributed by atoms with E-state index in [1.54, 1.807) is 4.90 Å². The van der Waals surface area contributed by atoms with Crippen LogP contribution in [-0.4, -0.2) is 35.1 Å². The molecule has 7 heteroatoms.